The molecule has 0 saturated carbocycles. The average Bonchev–Trinajstić information content (AvgIpc) is 3.22. The molecule has 1 fully saturated rings. The van der Waals surface area contributed by atoms with Crippen LogP contribution in [-0.4, -0.2) is 40.5 Å². The van der Waals surface area contributed by atoms with Crippen molar-refractivity contribution in [3.8, 4) is 6.07 Å². The number of amides is 2. The van der Waals surface area contributed by atoms with E-state index in [2.05, 4.69) is 11.4 Å². The molecule has 1 saturated heterocycles. The Hall–Kier alpha value is -3.17. The number of likely N-dealkylation sites (tertiary alicyclic amines) is 1. The number of nitriles is 1. The molecule has 3 rings (SSSR count). The van der Waals surface area contributed by atoms with Crippen LogP contribution in [0.4, 0.5) is 0 Å². The summed E-state index contributed by atoms with van der Waals surface area (Å²) in [5.41, 5.74) is 2.33. The van der Waals surface area contributed by atoms with E-state index in [-0.39, 0.29) is 12.3 Å². The minimum atomic E-state index is -1.16. The highest BCUT2D eigenvalue weighted by Crippen LogP contribution is 2.20. The Bertz CT molecular complexity index is 859. The summed E-state index contributed by atoms with van der Waals surface area (Å²) >= 11 is 0. The molecule has 1 aliphatic heterocycles. The van der Waals surface area contributed by atoms with Crippen LogP contribution < -0.4 is 5.32 Å². The standard InChI is InChI=1S/C22H23N3O3/c23-14-17-8-10-18(11-9-17)15-24-21(27)19-7-4-12-25(19)22(28)20(26)13-16-5-2-1-3-6-16/h1-3,5-6,8-11,19-20,26H,4,7,12-13,15H2,(H,24,27). The molecule has 0 aromatic heterocycles. The molecule has 2 aromatic carbocycles. The van der Waals surface area contributed by atoms with E-state index in [1.807, 2.05) is 30.3 Å². The summed E-state index contributed by atoms with van der Waals surface area (Å²) in [6.07, 6.45) is 0.395. The number of nitrogens with zero attached hydrogens (tertiary/aromatic N) is 2. The monoisotopic (exact) mass is 377 g/mol. The van der Waals surface area contributed by atoms with E-state index < -0.39 is 18.1 Å². The fourth-order valence-corrected chi connectivity index (χ4v) is 3.42. The maximum Gasteiger partial charge on any atom is 0.252 e. The second-order valence-corrected chi connectivity index (χ2v) is 6.92. The van der Waals surface area contributed by atoms with Crippen molar-refractivity contribution in [3.05, 3.63) is 71.3 Å². The van der Waals surface area contributed by atoms with Crippen LogP contribution in [0.25, 0.3) is 0 Å². The van der Waals surface area contributed by atoms with E-state index in [1.165, 1.54) is 4.90 Å². The molecular weight excluding hydrogens is 354 g/mol. The van der Waals surface area contributed by atoms with Gasteiger partial charge < -0.3 is 15.3 Å². The third kappa shape index (κ3) is 4.76. The Morgan fingerprint density at radius 2 is 1.86 bits per heavy atom. The van der Waals surface area contributed by atoms with Crippen molar-refractivity contribution >= 4 is 11.8 Å². The highest BCUT2D eigenvalue weighted by atomic mass is 16.3. The second kappa shape index (κ2) is 9.16. The average molecular weight is 377 g/mol. The van der Waals surface area contributed by atoms with E-state index in [0.29, 0.717) is 25.1 Å². The summed E-state index contributed by atoms with van der Waals surface area (Å²) in [4.78, 5) is 26.8. The van der Waals surface area contributed by atoms with E-state index >= 15 is 0 Å². The summed E-state index contributed by atoms with van der Waals surface area (Å²) in [6.45, 7) is 0.801. The van der Waals surface area contributed by atoms with Gasteiger partial charge in [0.05, 0.1) is 11.6 Å². The molecule has 1 heterocycles. The topological polar surface area (TPSA) is 93.4 Å². The number of aliphatic hydroxyl groups excluding tert-OH is 1. The van der Waals surface area contributed by atoms with E-state index in [9.17, 15) is 14.7 Å². The van der Waals surface area contributed by atoms with Crippen molar-refractivity contribution in [2.24, 2.45) is 0 Å². The molecule has 6 heteroatoms. The third-order valence-corrected chi connectivity index (χ3v) is 4.95. The highest BCUT2D eigenvalue weighted by molar-refractivity contribution is 5.90. The molecule has 28 heavy (non-hydrogen) atoms. The summed E-state index contributed by atoms with van der Waals surface area (Å²) in [7, 11) is 0. The van der Waals surface area contributed by atoms with Gasteiger partial charge in [-0.15, -0.1) is 0 Å². The zero-order valence-electron chi connectivity index (χ0n) is 15.5. The number of carbonyl (C=O) groups is 2. The molecule has 144 valence electrons. The van der Waals surface area contributed by atoms with Crippen LogP contribution in [0.15, 0.2) is 54.6 Å². The lowest BCUT2D eigenvalue weighted by molar-refractivity contribution is -0.145. The quantitative estimate of drug-likeness (QED) is 0.802. The first kappa shape index (κ1) is 19.6. The van der Waals surface area contributed by atoms with Gasteiger partial charge in [0.1, 0.15) is 12.1 Å². The van der Waals surface area contributed by atoms with Gasteiger partial charge in [0.15, 0.2) is 0 Å². The number of aliphatic hydroxyl groups is 1. The third-order valence-electron chi connectivity index (χ3n) is 4.95. The van der Waals surface area contributed by atoms with Gasteiger partial charge in [0.25, 0.3) is 5.91 Å². The Morgan fingerprint density at radius 3 is 2.54 bits per heavy atom. The summed E-state index contributed by atoms with van der Waals surface area (Å²) in [5, 5.41) is 22.0. The summed E-state index contributed by atoms with van der Waals surface area (Å²) in [6, 6.07) is 17.8. The van der Waals surface area contributed by atoms with Gasteiger partial charge in [-0.05, 0) is 36.1 Å². The Balaban J connectivity index is 1.57. The van der Waals surface area contributed by atoms with Gasteiger partial charge in [-0.2, -0.15) is 5.26 Å². The Kier molecular flexibility index (Phi) is 6.41. The van der Waals surface area contributed by atoms with Gasteiger partial charge in [0, 0.05) is 19.5 Å². The smallest absolute Gasteiger partial charge is 0.252 e. The van der Waals surface area contributed by atoms with Gasteiger partial charge in [0.2, 0.25) is 5.91 Å². The molecule has 0 spiro atoms. The van der Waals surface area contributed by atoms with Crippen molar-refractivity contribution < 1.29 is 14.7 Å². The molecule has 2 N–H and O–H groups in total. The first-order valence-corrected chi connectivity index (χ1v) is 9.37. The number of rotatable bonds is 6. The lowest BCUT2D eigenvalue weighted by Gasteiger charge is -2.26. The molecule has 1 aliphatic rings. The van der Waals surface area contributed by atoms with Crippen molar-refractivity contribution in [2.75, 3.05) is 6.54 Å². The Morgan fingerprint density at radius 1 is 1.14 bits per heavy atom. The SMILES string of the molecule is N#Cc1ccc(CNC(=O)C2CCCN2C(=O)C(O)Cc2ccccc2)cc1. The van der Waals surface area contributed by atoms with Crippen molar-refractivity contribution in [3.63, 3.8) is 0 Å². The molecule has 2 atom stereocenters. The van der Waals surface area contributed by atoms with E-state index in [1.54, 1.807) is 24.3 Å². The predicted octanol–water partition coefficient (Wildman–Crippen LogP) is 1.77. The zero-order chi connectivity index (χ0) is 19.9. The molecule has 2 unspecified atom stereocenters. The first-order valence-electron chi connectivity index (χ1n) is 9.37. The van der Waals surface area contributed by atoms with Crippen LogP contribution in [0.2, 0.25) is 0 Å². The van der Waals surface area contributed by atoms with Crippen molar-refractivity contribution in [1.82, 2.24) is 10.2 Å². The normalized spacial score (nSPS) is 17.0. The van der Waals surface area contributed by atoms with Gasteiger partial charge in [-0.25, -0.2) is 0 Å². The van der Waals surface area contributed by atoms with Crippen LogP contribution in [0.3, 0.4) is 0 Å². The van der Waals surface area contributed by atoms with E-state index in [0.717, 1.165) is 17.5 Å². The van der Waals surface area contributed by atoms with Gasteiger partial charge in [-0.1, -0.05) is 42.5 Å². The molecule has 2 amide bonds. The fraction of sp³-hybridized carbons (Fsp3) is 0.318. The van der Waals surface area contributed by atoms with Crippen LogP contribution in [-0.2, 0) is 22.6 Å². The van der Waals surface area contributed by atoms with Gasteiger partial charge >= 0.3 is 0 Å². The first-order chi connectivity index (χ1) is 13.6. The maximum atomic E-state index is 12.7. The molecular formula is C22H23N3O3. The molecule has 0 radical (unpaired) electrons. The molecule has 6 nitrogen and oxygen atoms in total. The van der Waals surface area contributed by atoms with Crippen LogP contribution in [0.1, 0.15) is 29.5 Å². The van der Waals surface area contributed by atoms with Crippen LogP contribution in [0, 0.1) is 11.3 Å². The van der Waals surface area contributed by atoms with Gasteiger partial charge in [-0.3, -0.25) is 9.59 Å². The van der Waals surface area contributed by atoms with Crippen molar-refractivity contribution in [2.45, 2.75) is 38.0 Å². The van der Waals surface area contributed by atoms with Crippen LogP contribution >= 0.6 is 0 Å². The number of hydrogen-bond acceptors (Lipinski definition) is 4. The number of hydrogen-bond donors (Lipinski definition) is 2. The van der Waals surface area contributed by atoms with E-state index in [4.69, 9.17) is 5.26 Å². The van der Waals surface area contributed by atoms with Crippen molar-refractivity contribution in [1.29, 1.82) is 5.26 Å². The minimum absolute atomic E-state index is 0.220. The number of carbonyl (C=O) groups excluding carboxylic acids is 2. The number of benzene rings is 2. The second-order valence-electron chi connectivity index (χ2n) is 6.92. The number of nitrogens with one attached hydrogen (secondary N) is 1. The minimum Gasteiger partial charge on any atom is -0.383 e. The fourth-order valence-electron chi connectivity index (χ4n) is 3.42. The highest BCUT2D eigenvalue weighted by Gasteiger charge is 2.36. The molecule has 0 bridgehead atoms. The summed E-state index contributed by atoms with van der Waals surface area (Å²) < 4.78 is 0. The lowest BCUT2D eigenvalue weighted by atomic mass is 10.1. The maximum absolute atomic E-state index is 12.7. The molecule has 2 aromatic rings. The Labute approximate surface area is 164 Å². The summed E-state index contributed by atoms with van der Waals surface area (Å²) in [5.74, 6) is -0.623. The zero-order valence-corrected chi connectivity index (χ0v) is 15.5. The molecule has 0 aliphatic carbocycles. The lowest BCUT2D eigenvalue weighted by Crippen LogP contribution is -2.49. The largest absolute Gasteiger partial charge is 0.383 e. The predicted molar refractivity (Wildman–Crippen MR) is 104 cm³/mol. The van der Waals surface area contributed by atoms with Crippen LogP contribution in [0.5, 0.6) is 0 Å².